The van der Waals surface area contributed by atoms with E-state index >= 15 is 0 Å². The summed E-state index contributed by atoms with van der Waals surface area (Å²) in [6.07, 6.45) is 4.22. The van der Waals surface area contributed by atoms with Gasteiger partial charge in [-0.05, 0) is 37.7 Å². The van der Waals surface area contributed by atoms with Gasteiger partial charge in [-0.25, -0.2) is 9.97 Å². The predicted octanol–water partition coefficient (Wildman–Crippen LogP) is 3.32. The first-order valence-corrected chi connectivity index (χ1v) is 9.27. The number of nitrogens with one attached hydrogen (secondary N) is 2. The molecule has 0 aromatic carbocycles. The number of hydrogen-bond donors (Lipinski definition) is 2. The second kappa shape index (κ2) is 9.14. The first-order chi connectivity index (χ1) is 13.2. The van der Waals surface area contributed by atoms with Gasteiger partial charge in [-0.1, -0.05) is 19.9 Å². The van der Waals surface area contributed by atoms with Gasteiger partial charge in [0.05, 0.1) is 17.7 Å². The van der Waals surface area contributed by atoms with Crippen molar-refractivity contribution < 1.29 is 9.53 Å². The lowest BCUT2D eigenvalue weighted by Crippen LogP contribution is -2.25. The topological polar surface area (TPSA) is 83.1 Å². The van der Waals surface area contributed by atoms with Crippen LogP contribution in [0.25, 0.3) is 11.0 Å². The lowest BCUT2D eigenvalue weighted by atomic mass is 10.2. The zero-order chi connectivity index (χ0) is 19.1. The number of nitrogens with zero attached hydrogens (tertiary/aromatic N) is 3. The molecule has 3 aromatic heterocycles. The second-order valence-corrected chi connectivity index (χ2v) is 6.15. The molecule has 0 saturated carbocycles. The third kappa shape index (κ3) is 4.83. The van der Waals surface area contributed by atoms with Crippen LogP contribution in [0.5, 0.6) is 5.88 Å². The molecule has 7 nitrogen and oxygen atoms in total. The number of H-pyrrole nitrogens is 1. The molecule has 0 aliphatic rings. The van der Waals surface area contributed by atoms with Crippen molar-refractivity contribution in [1.29, 1.82) is 0 Å². The highest BCUT2D eigenvalue weighted by atomic mass is 16.5. The van der Waals surface area contributed by atoms with Crippen molar-refractivity contribution in [2.24, 2.45) is 0 Å². The lowest BCUT2D eigenvalue weighted by molar-refractivity contribution is 0.102. The zero-order valence-electron chi connectivity index (χ0n) is 15.7. The van der Waals surface area contributed by atoms with E-state index in [2.05, 4.69) is 39.0 Å². The van der Waals surface area contributed by atoms with Crippen LogP contribution in [-0.4, -0.2) is 52.0 Å². The van der Waals surface area contributed by atoms with Gasteiger partial charge in [-0.3, -0.25) is 4.79 Å². The van der Waals surface area contributed by atoms with Crippen molar-refractivity contribution in [3.63, 3.8) is 0 Å². The van der Waals surface area contributed by atoms with Crippen LogP contribution in [0.3, 0.4) is 0 Å². The summed E-state index contributed by atoms with van der Waals surface area (Å²) < 4.78 is 5.78. The summed E-state index contributed by atoms with van der Waals surface area (Å²) in [4.78, 5) is 26.6. The molecule has 1 amide bonds. The third-order valence-corrected chi connectivity index (χ3v) is 4.41. The highest BCUT2D eigenvalue weighted by molar-refractivity contribution is 6.11. The van der Waals surface area contributed by atoms with Crippen LogP contribution in [-0.2, 0) is 0 Å². The minimum atomic E-state index is -0.258. The van der Waals surface area contributed by atoms with Crippen LogP contribution in [0.4, 0.5) is 5.82 Å². The maximum absolute atomic E-state index is 12.5. The number of ether oxygens (including phenoxy) is 1. The van der Waals surface area contributed by atoms with Gasteiger partial charge in [0.2, 0.25) is 5.88 Å². The standard InChI is InChI=1S/C20H25N5O2/c1-3-25(4-2)12-7-13-27-18-10-9-16-19(24-18)15(14-22-16)20(26)23-17-8-5-6-11-21-17/h5-6,8-11,14,22H,3-4,7,12-13H2,1-2H3,(H,21,23,26). The van der Waals surface area contributed by atoms with E-state index in [1.807, 2.05) is 18.2 Å². The largest absolute Gasteiger partial charge is 0.478 e. The maximum atomic E-state index is 12.5. The molecule has 0 atom stereocenters. The number of rotatable bonds is 9. The molecule has 0 aliphatic heterocycles. The van der Waals surface area contributed by atoms with Crippen LogP contribution in [0.2, 0.25) is 0 Å². The molecule has 0 aliphatic carbocycles. The van der Waals surface area contributed by atoms with Crippen molar-refractivity contribution in [2.45, 2.75) is 20.3 Å². The number of amides is 1. The fourth-order valence-corrected chi connectivity index (χ4v) is 2.86. The summed E-state index contributed by atoms with van der Waals surface area (Å²) in [6, 6.07) is 9.05. The summed E-state index contributed by atoms with van der Waals surface area (Å²) in [5.74, 6) is 0.764. The Labute approximate surface area is 158 Å². The molecule has 0 spiro atoms. The zero-order valence-corrected chi connectivity index (χ0v) is 15.7. The SMILES string of the molecule is CCN(CC)CCCOc1ccc2[nH]cc(C(=O)Nc3ccccn3)c2n1. The molecule has 3 rings (SSSR count). The molecule has 0 bridgehead atoms. The number of hydrogen-bond acceptors (Lipinski definition) is 5. The molecule has 0 fully saturated rings. The fraction of sp³-hybridized carbons (Fsp3) is 0.350. The molecular formula is C20H25N5O2. The van der Waals surface area contributed by atoms with Crippen LogP contribution in [0, 0.1) is 0 Å². The Kier molecular flexibility index (Phi) is 6.38. The van der Waals surface area contributed by atoms with Gasteiger partial charge in [0, 0.05) is 25.0 Å². The Morgan fingerprint density at radius 3 is 2.81 bits per heavy atom. The van der Waals surface area contributed by atoms with Crippen molar-refractivity contribution in [3.05, 3.63) is 48.3 Å². The first kappa shape index (κ1) is 18.8. The fourth-order valence-electron chi connectivity index (χ4n) is 2.86. The number of anilines is 1. The summed E-state index contributed by atoms with van der Waals surface area (Å²) in [7, 11) is 0. The van der Waals surface area contributed by atoms with Gasteiger partial charge in [-0.15, -0.1) is 0 Å². The number of carbonyl (C=O) groups excluding carboxylic acids is 1. The number of aromatic nitrogens is 3. The minimum absolute atomic E-state index is 0.258. The smallest absolute Gasteiger partial charge is 0.260 e. The van der Waals surface area contributed by atoms with E-state index in [1.165, 1.54) is 0 Å². The van der Waals surface area contributed by atoms with Gasteiger partial charge >= 0.3 is 0 Å². The summed E-state index contributed by atoms with van der Waals surface area (Å²) >= 11 is 0. The van der Waals surface area contributed by atoms with Crippen molar-refractivity contribution in [3.8, 4) is 5.88 Å². The van der Waals surface area contributed by atoms with E-state index in [0.29, 0.717) is 29.4 Å². The average molecular weight is 367 g/mol. The van der Waals surface area contributed by atoms with Crippen LogP contribution in [0.15, 0.2) is 42.7 Å². The number of fused-ring (bicyclic) bond motifs is 1. The summed E-state index contributed by atoms with van der Waals surface area (Å²) in [5.41, 5.74) is 1.84. The quantitative estimate of drug-likeness (QED) is 0.567. The number of aromatic amines is 1. The van der Waals surface area contributed by atoms with Crippen LogP contribution < -0.4 is 10.1 Å². The molecule has 7 heteroatoms. The molecule has 0 unspecified atom stereocenters. The van der Waals surface area contributed by atoms with E-state index in [4.69, 9.17) is 4.74 Å². The Hall–Kier alpha value is -2.93. The van der Waals surface area contributed by atoms with Crippen LogP contribution in [0.1, 0.15) is 30.6 Å². The Morgan fingerprint density at radius 1 is 1.22 bits per heavy atom. The van der Waals surface area contributed by atoms with Gasteiger partial charge in [0.25, 0.3) is 5.91 Å². The van der Waals surface area contributed by atoms with E-state index in [-0.39, 0.29) is 5.91 Å². The molecule has 0 radical (unpaired) electrons. The minimum Gasteiger partial charge on any atom is -0.478 e. The highest BCUT2D eigenvalue weighted by Crippen LogP contribution is 2.20. The van der Waals surface area contributed by atoms with Crippen LogP contribution >= 0.6 is 0 Å². The second-order valence-electron chi connectivity index (χ2n) is 6.15. The van der Waals surface area contributed by atoms with Gasteiger partial charge < -0.3 is 19.9 Å². The normalized spacial score (nSPS) is 11.1. The predicted molar refractivity (Wildman–Crippen MR) is 106 cm³/mol. The van der Waals surface area contributed by atoms with Gasteiger partial charge in [0.1, 0.15) is 11.3 Å². The van der Waals surface area contributed by atoms with E-state index in [1.54, 1.807) is 24.5 Å². The van der Waals surface area contributed by atoms with Crippen molar-refractivity contribution in [2.75, 3.05) is 31.6 Å². The Bertz CT molecular complexity index is 874. The number of carbonyl (C=O) groups is 1. The summed E-state index contributed by atoms with van der Waals surface area (Å²) in [6.45, 7) is 7.98. The molecule has 0 saturated heterocycles. The molecule has 142 valence electrons. The monoisotopic (exact) mass is 367 g/mol. The summed E-state index contributed by atoms with van der Waals surface area (Å²) in [5, 5.41) is 2.78. The van der Waals surface area contributed by atoms with Gasteiger partial charge in [-0.2, -0.15) is 0 Å². The molecule has 3 heterocycles. The Morgan fingerprint density at radius 2 is 2.07 bits per heavy atom. The lowest BCUT2D eigenvalue weighted by Gasteiger charge is -2.17. The molecule has 27 heavy (non-hydrogen) atoms. The average Bonchev–Trinajstić information content (AvgIpc) is 3.12. The molecule has 3 aromatic rings. The maximum Gasteiger partial charge on any atom is 0.260 e. The first-order valence-electron chi connectivity index (χ1n) is 9.27. The highest BCUT2D eigenvalue weighted by Gasteiger charge is 2.15. The third-order valence-electron chi connectivity index (χ3n) is 4.41. The van der Waals surface area contributed by atoms with Crippen molar-refractivity contribution in [1.82, 2.24) is 19.9 Å². The Balaban J connectivity index is 1.66. The molecule has 2 N–H and O–H groups in total. The van der Waals surface area contributed by atoms with Crippen molar-refractivity contribution >= 4 is 22.8 Å². The molecular weight excluding hydrogens is 342 g/mol. The van der Waals surface area contributed by atoms with E-state index in [9.17, 15) is 4.79 Å². The van der Waals surface area contributed by atoms with Gasteiger partial charge in [0.15, 0.2) is 0 Å². The number of pyridine rings is 2. The van der Waals surface area contributed by atoms with E-state index < -0.39 is 0 Å². The van der Waals surface area contributed by atoms with E-state index in [0.717, 1.165) is 31.6 Å².